The lowest BCUT2D eigenvalue weighted by Crippen LogP contribution is -2.07. The largest absolute Gasteiger partial charge is 0.464 e. The van der Waals surface area contributed by atoms with Crippen LogP contribution in [0.25, 0.3) is 0 Å². The van der Waals surface area contributed by atoms with Crippen molar-refractivity contribution in [2.24, 2.45) is 0 Å². The Morgan fingerprint density at radius 2 is 1.69 bits per heavy atom. The number of ether oxygens (including phenoxy) is 3. The molecule has 0 aliphatic carbocycles. The molecular weight excluding hydrogens is 188 g/mol. The fourth-order valence-electron chi connectivity index (χ4n) is 0.764. The van der Waals surface area contributed by atoms with Gasteiger partial charge >= 0.3 is 11.9 Å². The van der Waals surface area contributed by atoms with Crippen molar-refractivity contribution in [1.29, 1.82) is 0 Å². The van der Waals surface area contributed by atoms with E-state index in [0.717, 1.165) is 0 Å². The summed E-state index contributed by atoms with van der Waals surface area (Å²) in [5, 5.41) is 0.496. The Bertz CT molecular complexity index is 192. The van der Waals surface area contributed by atoms with Gasteiger partial charge in [0, 0.05) is 6.92 Å². The van der Waals surface area contributed by atoms with Gasteiger partial charge in [0.25, 0.3) is 0 Å². The predicted octanol–water partition coefficient (Wildman–Crippen LogP) is 0.114. The van der Waals surface area contributed by atoms with Crippen LogP contribution in [0.3, 0.4) is 0 Å². The van der Waals surface area contributed by atoms with Gasteiger partial charge in [-0.25, -0.2) is 0 Å². The average Bonchev–Trinajstić information content (AvgIpc) is 2.02. The van der Waals surface area contributed by atoms with Crippen molar-refractivity contribution in [3.63, 3.8) is 0 Å². The van der Waals surface area contributed by atoms with Crippen LogP contribution in [0, 0.1) is 0 Å². The van der Waals surface area contributed by atoms with Gasteiger partial charge in [0.15, 0.2) is 5.38 Å². The third-order valence-corrected chi connectivity index (χ3v) is 1.75. The SMILES string of the molecule is CCOC(OCC)=C([SiH3])OC(C)=O. The highest BCUT2D eigenvalue weighted by molar-refractivity contribution is 6.21. The van der Waals surface area contributed by atoms with Gasteiger partial charge in [-0.05, 0) is 13.8 Å². The van der Waals surface area contributed by atoms with E-state index in [9.17, 15) is 4.79 Å². The minimum absolute atomic E-state index is 0.340. The Labute approximate surface area is 81.3 Å². The predicted molar refractivity (Wildman–Crippen MR) is 52.0 cm³/mol. The molecule has 0 saturated carbocycles. The molecule has 0 fully saturated rings. The number of esters is 1. The van der Waals surface area contributed by atoms with Crippen LogP contribution in [0.5, 0.6) is 0 Å². The van der Waals surface area contributed by atoms with Gasteiger partial charge in [0.1, 0.15) is 0 Å². The van der Waals surface area contributed by atoms with Crippen molar-refractivity contribution in [1.82, 2.24) is 0 Å². The molecule has 0 radical (unpaired) electrons. The number of hydrogen-bond acceptors (Lipinski definition) is 4. The second-order valence-electron chi connectivity index (χ2n) is 2.30. The van der Waals surface area contributed by atoms with Crippen LogP contribution in [0.15, 0.2) is 11.3 Å². The molecule has 0 N–H and O–H groups in total. The Morgan fingerprint density at radius 3 is 2.00 bits per heavy atom. The first kappa shape index (κ1) is 12.0. The van der Waals surface area contributed by atoms with E-state index in [-0.39, 0.29) is 5.97 Å². The zero-order valence-corrected chi connectivity index (χ0v) is 10.5. The van der Waals surface area contributed by atoms with E-state index in [1.807, 2.05) is 13.8 Å². The van der Waals surface area contributed by atoms with Crippen LogP contribution < -0.4 is 0 Å². The molecule has 0 aliphatic rings. The van der Waals surface area contributed by atoms with E-state index < -0.39 is 0 Å². The molecule has 0 saturated heterocycles. The summed E-state index contributed by atoms with van der Waals surface area (Å²) in [7, 11) is 0.585. The van der Waals surface area contributed by atoms with E-state index >= 15 is 0 Å². The Morgan fingerprint density at radius 1 is 1.23 bits per heavy atom. The molecule has 0 unspecified atom stereocenters. The molecule has 0 aromatic heterocycles. The Hall–Kier alpha value is -0.973. The normalized spacial score (nSPS) is 9.15. The molecule has 0 spiro atoms. The maximum atomic E-state index is 10.6. The molecule has 5 heteroatoms. The number of rotatable bonds is 5. The standard InChI is InChI=1S/C8H16O4Si/c1-4-10-7(11-5-2)8(13)12-6(3)9/h4-5H2,1-3,13H3. The molecule has 0 aromatic carbocycles. The Balaban J connectivity index is 4.33. The third kappa shape index (κ3) is 5.29. The van der Waals surface area contributed by atoms with Gasteiger partial charge in [-0.15, -0.1) is 0 Å². The summed E-state index contributed by atoms with van der Waals surface area (Å²) < 4.78 is 15.2. The fourth-order valence-corrected chi connectivity index (χ4v) is 1.34. The molecule has 76 valence electrons. The van der Waals surface area contributed by atoms with Crippen LogP contribution in [-0.4, -0.2) is 29.4 Å². The zero-order valence-electron chi connectivity index (χ0n) is 8.55. The molecule has 0 atom stereocenters. The van der Waals surface area contributed by atoms with Crippen molar-refractivity contribution in [3.8, 4) is 0 Å². The number of hydrogen-bond donors (Lipinski definition) is 0. The van der Waals surface area contributed by atoms with Gasteiger partial charge in [0.2, 0.25) is 0 Å². The Kier molecular flexibility index (Phi) is 6.04. The second-order valence-corrected chi connectivity index (χ2v) is 3.21. The van der Waals surface area contributed by atoms with E-state index in [4.69, 9.17) is 14.2 Å². The number of carbonyl (C=O) groups excluding carboxylic acids is 1. The number of carbonyl (C=O) groups is 1. The molecule has 0 amide bonds. The van der Waals surface area contributed by atoms with Crippen LogP contribution in [0.2, 0.25) is 0 Å². The molecular formula is C8H16O4Si. The molecule has 0 bridgehead atoms. The first-order valence-corrected chi connectivity index (χ1v) is 5.26. The van der Waals surface area contributed by atoms with Crippen LogP contribution in [0.4, 0.5) is 0 Å². The first-order chi connectivity index (χ1) is 6.11. The van der Waals surface area contributed by atoms with Gasteiger partial charge in [-0.1, -0.05) is 0 Å². The quantitative estimate of drug-likeness (QED) is 0.362. The lowest BCUT2D eigenvalue weighted by Gasteiger charge is -2.11. The monoisotopic (exact) mass is 204 g/mol. The molecule has 0 aliphatic heterocycles. The summed E-state index contributed by atoms with van der Waals surface area (Å²) in [6, 6.07) is 0. The van der Waals surface area contributed by atoms with Crippen LogP contribution in [-0.2, 0) is 19.0 Å². The lowest BCUT2D eigenvalue weighted by molar-refractivity contribution is -0.137. The van der Waals surface area contributed by atoms with Crippen molar-refractivity contribution >= 4 is 16.2 Å². The molecule has 0 heterocycles. The first-order valence-electron chi connectivity index (χ1n) is 4.26. The topological polar surface area (TPSA) is 44.8 Å². The molecule has 0 aromatic rings. The van der Waals surface area contributed by atoms with E-state index in [1.54, 1.807) is 0 Å². The third-order valence-electron chi connectivity index (χ3n) is 1.14. The maximum Gasteiger partial charge on any atom is 0.313 e. The highest BCUT2D eigenvalue weighted by Crippen LogP contribution is 2.06. The van der Waals surface area contributed by atoms with Gasteiger partial charge in [0.05, 0.1) is 23.5 Å². The van der Waals surface area contributed by atoms with E-state index in [1.165, 1.54) is 6.92 Å². The minimum Gasteiger partial charge on any atom is -0.464 e. The second kappa shape index (κ2) is 6.53. The summed E-state index contributed by atoms with van der Waals surface area (Å²) in [6.07, 6.45) is 0. The van der Waals surface area contributed by atoms with E-state index in [0.29, 0.717) is 34.8 Å². The van der Waals surface area contributed by atoms with E-state index in [2.05, 4.69) is 0 Å². The van der Waals surface area contributed by atoms with Crippen molar-refractivity contribution in [2.45, 2.75) is 20.8 Å². The summed E-state index contributed by atoms with van der Waals surface area (Å²) in [6.45, 7) is 6.06. The summed E-state index contributed by atoms with van der Waals surface area (Å²) in [5.41, 5.74) is 0. The summed E-state index contributed by atoms with van der Waals surface area (Å²) in [4.78, 5) is 10.6. The smallest absolute Gasteiger partial charge is 0.313 e. The molecule has 13 heavy (non-hydrogen) atoms. The van der Waals surface area contributed by atoms with Gasteiger partial charge in [-0.2, -0.15) is 0 Å². The minimum atomic E-state index is -0.345. The highest BCUT2D eigenvalue weighted by atomic mass is 28.1. The van der Waals surface area contributed by atoms with Gasteiger partial charge < -0.3 is 14.2 Å². The molecule has 0 rings (SSSR count). The maximum absolute atomic E-state index is 10.6. The summed E-state index contributed by atoms with van der Waals surface area (Å²) in [5.74, 6) is -0.00577. The average molecular weight is 204 g/mol. The van der Waals surface area contributed by atoms with Crippen molar-refractivity contribution in [3.05, 3.63) is 11.3 Å². The zero-order chi connectivity index (χ0) is 10.3. The van der Waals surface area contributed by atoms with Gasteiger partial charge in [-0.3, -0.25) is 4.79 Å². The molecule has 4 nitrogen and oxygen atoms in total. The van der Waals surface area contributed by atoms with Crippen molar-refractivity contribution in [2.75, 3.05) is 13.2 Å². The highest BCUT2D eigenvalue weighted by Gasteiger charge is 2.07. The fraction of sp³-hybridized carbons (Fsp3) is 0.625. The van der Waals surface area contributed by atoms with Crippen LogP contribution in [0.1, 0.15) is 20.8 Å². The summed E-state index contributed by atoms with van der Waals surface area (Å²) >= 11 is 0. The van der Waals surface area contributed by atoms with Crippen LogP contribution >= 0.6 is 0 Å². The lowest BCUT2D eigenvalue weighted by atomic mass is 10.8. The van der Waals surface area contributed by atoms with Crippen molar-refractivity contribution < 1.29 is 19.0 Å².